The van der Waals surface area contributed by atoms with E-state index in [0.717, 1.165) is 5.56 Å². The topological polar surface area (TPSA) is 158 Å². The van der Waals surface area contributed by atoms with Crippen LogP contribution in [0.2, 0.25) is 5.02 Å². The Morgan fingerprint density at radius 1 is 1.18 bits per heavy atom. The third kappa shape index (κ3) is 8.11. The number of hydrogen-bond donors (Lipinski definition) is 2. The fourth-order valence-electron chi connectivity index (χ4n) is 6.25. The average molecular weight is 644 g/mol. The summed E-state index contributed by atoms with van der Waals surface area (Å²) in [5, 5.41) is 16.2. The first-order valence-corrected chi connectivity index (χ1v) is 15.4. The lowest BCUT2D eigenvalue weighted by Crippen LogP contribution is -2.65. The number of halogens is 1. The molecule has 2 saturated heterocycles. The lowest BCUT2D eigenvalue weighted by molar-refractivity contribution is -0.614. The first-order chi connectivity index (χ1) is 21.2. The molecule has 1 aromatic heterocycles. The van der Waals surface area contributed by atoms with Gasteiger partial charge in [-0.25, -0.2) is 0 Å². The van der Waals surface area contributed by atoms with Crippen LogP contribution in [0.25, 0.3) is 0 Å². The molecule has 4 unspecified atom stereocenters. The summed E-state index contributed by atoms with van der Waals surface area (Å²) in [5.41, 5.74) is 5.20. The summed E-state index contributed by atoms with van der Waals surface area (Å²) in [7, 11) is 1.25. The van der Waals surface area contributed by atoms with Crippen molar-refractivity contribution in [3.05, 3.63) is 70.1 Å². The van der Waals surface area contributed by atoms with Gasteiger partial charge in [0.25, 0.3) is 0 Å². The molecule has 12 nitrogen and oxygen atoms in total. The van der Waals surface area contributed by atoms with Gasteiger partial charge >= 0.3 is 5.97 Å². The van der Waals surface area contributed by atoms with E-state index in [2.05, 4.69) is 5.32 Å². The Hall–Kier alpha value is -3.74. The molecular formula is C32H42ClN5O7. The number of esters is 1. The minimum absolute atomic E-state index is 0.00949. The standard InChI is InChI=1S/C32H42ClN5O7/c1-21(34)29(41)38-26(19-45-31(38,2)3)28(40)35-32(18-22-9-11-24(33)12-10-22)13-7-14-36(20-32)30(42)23(17-27(39)44-4)16-25-8-5-6-15-37(25)43/h5-6,8-12,15,21,23,26H,7,13-14,16-20,34H2,1-4H3,(H,35,40). The lowest BCUT2D eigenvalue weighted by Gasteiger charge is -2.45. The second-order valence-corrected chi connectivity index (χ2v) is 12.8. The summed E-state index contributed by atoms with van der Waals surface area (Å²) < 4.78 is 11.4. The molecule has 0 aliphatic carbocycles. The van der Waals surface area contributed by atoms with Crippen molar-refractivity contribution in [2.24, 2.45) is 11.7 Å². The minimum Gasteiger partial charge on any atom is -0.619 e. The van der Waals surface area contributed by atoms with E-state index in [1.807, 2.05) is 12.1 Å². The van der Waals surface area contributed by atoms with E-state index in [0.29, 0.717) is 41.3 Å². The van der Waals surface area contributed by atoms with Crippen molar-refractivity contribution in [1.82, 2.24) is 15.1 Å². The first kappa shape index (κ1) is 34.1. The normalized spacial score (nSPS) is 22.4. The van der Waals surface area contributed by atoms with Crippen LogP contribution in [0.1, 0.15) is 51.3 Å². The maximum atomic E-state index is 14.1. The summed E-state index contributed by atoms with van der Waals surface area (Å²) in [6.45, 7) is 5.52. The molecule has 2 aromatic rings. The van der Waals surface area contributed by atoms with Crippen LogP contribution in [0.15, 0.2) is 48.7 Å². The molecule has 2 aliphatic rings. The van der Waals surface area contributed by atoms with E-state index >= 15 is 0 Å². The first-order valence-electron chi connectivity index (χ1n) is 15.1. The monoisotopic (exact) mass is 643 g/mol. The number of rotatable bonds is 10. The van der Waals surface area contributed by atoms with Gasteiger partial charge in [-0.05, 0) is 57.7 Å². The molecule has 0 bridgehead atoms. The fourth-order valence-corrected chi connectivity index (χ4v) is 6.37. The van der Waals surface area contributed by atoms with Crippen LogP contribution in [-0.4, -0.2) is 83.6 Å². The van der Waals surface area contributed by atoms with Gasteiger partial charge in [0.2, 0.25) is 17.7 Å². The smallest absolute Gasteiger partial charge is 0.306 e. The zero-order chi connectivity index (χ0) is 32.9. The van der Waals surface area contributed by atoms with Gasteiger partial charge in [0.1, 0.15) is 11.8 Å². The number of aromatic nitrogens is 1. The number of pyridine rings is 1. The summed E-state index contributed by atoms with van der Waals surface area (Å²) in [6, 6.07) is 10.4. The van der Waals surface area contributed by atoms with Gasteiger partial charge < -0.3 is 30.6 Å². The highest BCUT2D eigenvalue weighted by molar-refractivity contribution is 6.30. The zero-order valence-corrected chi connectivity index (χ0v) is 26.9. The average Bonchev–Trinajstić information content (AvgIpc) is 3.32. The lowest BCUT2D eigenvalue weighted by atomic mass is 9.82. The quantitative estimate of drug-likeness (QED) is 0.225. The number of amides is 3. The molecule has 4 atom stereocenters. The fraction of sp³-hybridized carbons (Fsp3) is 0.531. The maximum Gasteiger partial charge on any atom is 0.306 e. The second-order valence-electron chi connectivity index (χ2n) is 12.4. The molecule has 0 spiro atoms. The molecule has 45 heavy (non-hydrogen) atoms. The van der Waals surface area contributed by atoms with Crippen LogP contribution in [0.5, 0.6) is 0 Å². The molecule has 0 saturated carbocycles. The van der Waals surface area contributed by atoms with E-state index in [-0.39, 0.29) is 31.9 Å². The molecule has 3 heterocycles. The predicted octanol–water partition coefficient (Wildman–Crippen LogP) is 1.73. The zero-order valence-electron chi connectivity index (χ0n) is 26.2. The van der Waals surface area contributed by atoms with Gasteiger partial charge in [-0.3, -0.25) is 24.1 Å². The number of benzene rings is 1. The highest BCUT2D eigenvalue weighted by atomic mass is 35.5. The Morgan fingerprint density at radius 2 is 1.89 bits per heavy atom. The van der Waals surface area contributed by atoms with Crippen molar-refractivity contribution < 1.29 is 33.4 Å². The maximum absolute atomic E-state index is 14.1. The highest BCUT2D eigenvalue weighted by Crippen LogP contribution is 2.32. The molecule has 0 radical (unpaired) electrons. The predicted molar refractivity (Wildman–Crippen MR) is 165 cm³/mol. The van der Waals surface area contributed by atoms with Crippen molar-refractivity contribution in [2.75, 3.05) is 26.8 Å². The van der Waals surface area contributed by atoms with Gasteiger partial charge in [-0.2, -0.15) is 4.73 Å². The number of piperidine rings is 1. The second kappa shape index (κ2) is 14.1. The van der Waals surface area contributed by atoms with Crippen LogP contribution in [0.4, 0.5) is 0 Å². The number of carbonyl (C=O) groups is 4. The van der Waals surface area contributed by atoms with Crippen LogP contribution in [-0.2, 0) is 41.5 Å². The molecule has 2 fully saturated rings. The number of nitrogens with two attached hydrogens (primary N) is 1. The minimum atomic E-state index is -1.04. The number of likely N-dealkylation sites (tertiary alicyclic amines) is 1. The Labute approximate surface area is 268 Å². The summed E-state index contributed by atoms with van der Waals surface area (Å²) in [5.74, 6) is -2.57. The van der Waals surface area contributed by atoms with Crippen LogP contribution >= 0.6 is 11.6 Å². The largest absolute Gasteiger partial charge is 0.619 e. The van der Waals surface area contributed by atoms with Crippen LogP contribution in [0, 0.1) is 11.1 Å². The number of carbonyl (C=O) groups excluding carboxylic acids is 4. The molecule has 3 amide bonds. The van der Waals surface area contributed by atoms with Crippen molar-refractivity contribution >= 4 is 35.3 Å². The molecule has 4 rings (SSSR count). The summed E-state index contributed by atoms with van der Waals surface area (Å²) in [4.78, 5) is 56.6. The number of nitrogens with zero attached hydrogens (tertiary/aromatic N) is 3. The van der Waals surface area contributed by atoms with Crippen molar-refractivity contribution in [1.29, 1.82) is 0 Å². The van der Waals surface area contributed by atoms with E-state index in [9.17, 15) is 24.4 Å². The van der Waals surface area contributed by atoms with Crippen molar-refractivity contribution in [2.45, 2.75) is 76.2 Å². The van der Waals surface area contributed by atoms with Gasteiger partial charge in [-0.1, -0.05) is 29.8 Å². The van der Waals surface area contributed by atoms with Gasteiger partial charge in [0.05, 0.1) is 37.6 Å². The van der Waals surface area contributed by atoms with E-state index in [1.54, 1.807) is 56.0 Å². The number of ether oxygens (including phenoxy) is 2. The Balaban J connectivity index is 1.64. The van der Waals surface area contributed by atoms with E-state index < -0.39 is 47.0 Å². The van der Waals surface area contributed by atoms with Crippen LogP contribution in [0.3, 0.4) is 0 Å². The summed E-state index contributed by atoms with van der Waals surface area (Å²) in [6.07, 6.45) is 2.65. The van der Waals surface area contributed by atoms with Gasteiger partial charge in [0.15, 0.2) is 11.9 Å². The van der Waals surface area contributed by atoms with E-state index in [1.165, 1.54) is 18.2 Å². The summed E-state index contributed by atoms with van der Waals surface area (Å²) >= 11 is 6.14. The number of methoxy groups -OCH3 is 1. The highest BCUT2D eigenvalue weighted by Gasteiger charge is 2.50. The number of hydrogen-bond acceptors (Lipinski definition) is 8. The Kier molecular flexibility index (Phi) is 10.7. The number of nitrogens with one attached hydrogen (secondary N) is 1. The van der Waals surface area contributed by atoms with E-state index in [4.69, 9.17) is 26.8 Å². The Morgan fingerprint density at radius 3 is 2.53 bits per heavy atom. The van der Waals surface area contributed by atoms with Crippen LogP contribution < -0.4 is 15.8 Å². The van der Waals surface area contributed by atoms with Gasteiger partial charge in [0, 0.05) is 36.7 Å². The molecular weight excluding hydrogens is 602 g/mol. The third-order valence-corrected chi connectivity index (χ3v) is 8.75. The SMILES string of the molecule is COC(=O)CC(Cc1cccc[n+]1[O-])C(=O)N1CCCC(Cc2ccc(Cl)cc2)(NC(=O)C2COC(C)(C)N2C(=O)C(C)N)C1. The molecule has 1 aromatic carbocycles. The molecule has 2 aliphatic heterocycles. The molecule has 13 heteroatoms. The van der Waals surface area contributed by atoms with Crippen molar-refractivity contribution in [3.63, 3.8) is 0 Å². The van der Waals surface area contributed by atoms with Crippen molar-refractivity contribution in [3.8, 4) is 0 Å². The Bertz CT molecular complexity index is 1400. The molecule has 244 valence electrons. The third-order valence-electron chi connectivity index (χ3n) is 8.50. The molecule has 3 N–H and O–H groups in total. The van der Waals surface area contributed by atoms with Gasteiger partial charge in [-0.15, -0.1) is 0 Å².